The van der Waals surface area contributed by atoms with Crippen molar-refractivity contribution < 1.29 is 9.84 Å². The van der Waals surface area contributed by atoms with Crippen molar-refractivity contribution in [2.45, 2.75) is 13.5 Å². The highest BCUT2D eigenvalue weighted by Gasteiger charge is 1.92. The van der Waals surface area contributed by atoms with E-state index in [4.69, 9.17) is 9.84 Å². The van der Waals surface area contributed by atoms with Crippen molar-refractivity contribution in [1.82, 2.24) is 0 Å². The molecule has 0 spiro atoms. The van der Waals surface area contributed by atoms with E-state index >= 15 is 0 Å². The Kier molecular flexibility index (Phi) is 5.74. The Morgan fingerprint density at radius 2 is 2.07 bits per heavy atom. The first-order valence-corrected chi connectivity index (χ1v) is 5.22. The summed E-state index contributed by atoms with van der Waals surface area (Å²) < 4.78 is 5.45. The van der Waals surface area contributed by atoms with E-state index in [2.05, 4.69) is 0 Å². The van der Waals surface area contributed by atoms with Gasteiger partial charge in [-0.2, -0.15) is 0 Å². The molecule has 82 valence electrons. The summed E-state index contributed by atoms with van der Waals surface area (Å²) in [6.45, 7) is 3.39. The van der Waals surface area contributed by atoms with Crippen LogP contribution in [-0.4, -0.2) is 18.3 Å². The van der Waals surface area contributed by atoms with Crippen LogP contribution in [0.5, 0.6) is 0 Å². The summed E-state index contributed by atoms with van der Waals surface area (Å²) in [4.78, 5) is 0. The molecule has 1 aromatic carbocycles. The molecule has 15 heavy (non-hydrogen) atoms. The summed E-state index contributed by atoms with van der Waals surface area (Å²) in [7, 11) is 0. The first kappa shape index (κ1) is 12.0. The molecule has 0 aliphatic heterocycles. The van der Waals surface area contributed by atoms with Gasteiger partial charge in [0.1, 0.15) is 0 Å². The van der Waals surface area contributed by atoms with Crippen LogP contribution in [0.15, 0.2) is 42.5 Å². The molecule has 0 unspecified atom stereocenters. The number of aliphatic hydroxyl groups excluding tert-OH is 1. The van der Waals surface area contributed by atoms with Gasteiger partial charge in [0.25, 0.3) is 0 Å². The monoisotopic (exact) mass is 206 g/mol. The highest BCUT2D eigenvalue weighted by molar-refractivity contribution is 5.13. The Morgan fingerprint density at radius 1 is 1.33 bits per heavy atom. The maximum atomic E-state index is 8.78. The first-order chi connectivity index (χ1) is 7.33. The van der Waals surface area contributed by atoms with Gasteiger partial charge in [0.15, 0.2) is 0 Å². The van der Waals surface area contributed by atoms with Crippen molar-refractivity contribution >= 4 is 0 Å². The molecule has 2 nitrogen and oxygen atoms in total. The average Bonchev–Trinajstić information content (AvgIpc) is 2.29. The standard InChI is InChI=1S/C13H18O2/c1-12(10-14)6-5-9-15-11-13-7-3-2-4-8-13/h2-8,12,14H,9-11H2,1H3/b6-5+/t12-/m0/s1. The molecule has 0 saturated heterocycles. The summed E-state index contributed by atoms with van der Waals surface area (Å²) in [5.74, 6) is 0.213. The van der Waals surface area contributed by atoms with Crippen LogP contribution in [0.25, 0.3) is 0 Å². The molecule has 0 fully saturated rings. The van der Waals surface area contributed by atoms with Crippen LogP contribution in [0.4, 0.5) is 0 Å². The van der Waals surface area contributed by atoms with Crippen LogP contribution in [0.2, 0.25) is 0 Å². The van der Waals surface area contributed by atoms with Crippen LogP contribution >= 0.6 is 0 Å². The Morgan fingerprint density at radius 3 is 2.73 bits per heavy atom. The Balaban J connectivity index is 2.15. The number of hydrogen-bond donors (Lipinski definition) is 1. The molecule has 0 radical (unpaired) electrons. The van der Waals surface area contributed by atoms with Crippen molar-refractivity contribution in [3.63, 3.8) is 0 Å². The van der Waals surface area contributed by atoms with E-state index in [0.717, 1.165) is 0 Å². The first-order valence-electron chi connectivity index (χ1n) is 5.22. The molecule has 0 aliphatic rings. The van der Waals surface area contributed by atoms with Gasteiger partial charge in [0, 0.05) is 6.61 Å². The number of hydrogen-bond acceptors (Lipinski definition) is 2. The van der Waals surface area contributed by atoms with E-state index in [1.165, 1.54) is 5.56 Å². The van der Waals surface area contributed by atoms with E-state index in [0.29, 0.717) is 13.2 Å². The van der Waals surface area contributed by atoms with Crippen LogP contribution in [0, 0.1) is 5.92 Å². The van der Waals surface area contributed by atoms with Gasteiger partial charge >= 0.3 is 0 Å². The minimum atomic E-state index is 0.190. The molecule has 1 aromatic rings. The summed E-state index contributed by atoms with van der Waals surface area (Å²) >= 11 is 0. The van der Waals surface area contributed by atoms with Crippen molar-refractivity contribution in [3.8, 4) is 0 Å². The zero-order valence-electron chi connectivity index (χ0n) is 9.10. The Bertz CT molecular complexity index is 280. The molecule has 0 heterocycles. The van der Waals surface area contributed by atoms with Gasteiger partial charge in [-0.3, -0.25) is 0 Å². The van der Waals surface area contributed by atoms with Crippen molar-refractivity contribution in [3.05, 3.63) is 48.0 Å². The molecule has 1 atom stereocenters. The minimum absolute atomic E-state index is 0.190. The zero-order chi connectivity index (χ0) is 10.9. The second-order valence-corrected chi connectivity index (χ2v) is 3.59. The van der Waals surface area contributed by atoms with E-state index in [9.17, 15) is 0 Å². The maximum Gasteiger partial charge on any atom is 0.0721 e. The molecule has 0 amide bonds. The lowest BCUT2D eigenvalue weighted by molar-refractivity contribution is 0.148. The van der Waals surface area contributed by atoms with E-state index in [1.54, 1.807) is 0 Å². The summed E-state index contributed by atoms with van der Waals surface area (Å²) in [6, 6.07) is 10.1. The molecule has 0 aliphatic carbocycles. The van der Waals surface area contributed by atoms with Gasteiger partial charge in [0.2, 0.25) is 0 Å². The fraction of sp³-hybridized carbons (Fsp3) is 0.385. The number of rotatable bonds is 6. The lowest BCUT2D eigenvalue weighted by Gasteiger charge is -2.02. The lowest BCUT2D eigenvalue weighted by atomic mass is 10.2. The predicted octanol–water partition coefficient (Wildman–Crippen LogP) is 2.39. The van der Waals surface area contributed by atoms with E-state index in [-0.39, 0.29) is 12.5 Å². The molecule has 0 aromatic heterocycles. The topological polar surface area (TPSA) is 29.5 Å². The SMILES string of the molecule is C[C@@H](/C=C/COCc1ccccc1)CO. The van der Waals surface area contributed by atoms with Gasteiger partial charge in [0.05, 0.1) is 13.2 Å². The van der Waals surface area contributed by atoms with Crippen molar-refractivity contribution in [2.24, 2.45) is 5.92 Å². The third-order valence-electron chi connectivity index (χ3n) is 2.08. The molecular weight excluding hydrogens is 188 g/mol. The molecule has 2 heteroatoms. The summed E-state index contributed by atoms with van der Waals surface area (Å²) in [5.41, 5.74) is 1.18. The van der Waals surface area contributed by atoms with Gasteiger partial charge in [-0.05, 0) is 11.5 Å². The Hall–Kier alpha value is -1.12. The van der Waals surface area contributed by atoms with E-state index in [1.807, 2.05) is 49.4 Å². The summed E-state index contributed by atoms with van der Waals surface area (Å²) in [5, 5.41) is 8.78. The second-order valence-electron chi connectivity index (χ2n) is 3.59. The summed E-state index contributed by atoms with van der Waals surface area (Å²) in [6.07, 6.45) is 3.91. The van der Waals surface area contributed by atoms with Crippen LogP contribution in [0.3, 0.4) is 0 Å². The van der Waals surface area contributed by atoms with Crippen LogP contribution in [0.1, 0.15) is 12.5 Å². The van der Waals surface area contributed by atoms with E-state index < -0.39 is 0 Å². The highest BCUT2D eigenvalue weighted by Crippen LogP contribution is 2.00. The molecular formula is C13H18O2. The third-order valence-corrected chi connectivity index (χ3v) is 2.08. The van der Waals surface area contributed by atoms with Crippen molar-refractivity contribution in [1.29, 1.82) is 0 Å². The fourth-order valence-electron chi connectivity index (χ4n) is 1.17. The van der Waals surface area contributed by atoms with Crippen LogP contribution < -0.4 is 0 Å². The maximum absolute atomic E-state index is 8.78. The van der Waals surface area contributed by atoms with Gasteiger partial charge in [-0.1, -0.05) is 49.4 Å². The van der Waals surface area contributed by atoms with Crippen molar-refractivity contribution in [2.75, 3.05) is 13.2 Å². The second kappa shape index (κ2) is 7.21. The fourth-order valence-corrected chi connectivity index (χ4v) is 1.17. The quantitative estimate of drug-likeness (QED) is 0.572. The van der Waals surface area contributed by atoms with Gasteiger partial charge < -0.3 is 9.84 Å². The lowest BCUT2D eigenvalue weighted by Crippen LogP contribution is -1.97. The van der Waals surface area contributed by atoms with Crippen LogP contribution in [-0.2, 0) is 11.3 Å². The highest BCUT2D eigenvalue weighted by atomic mass is 16.5. The average molecular weight is 206 g/mol. The normalized spacial score (nSPS) is 13.2. The number of aliphatic hydroxyl groups is 1. The number of benzene rings is 1. The minimum Gasteiger partial charge on any atom is -0.396 e. The van der Waals surface area contributed by atoms with Gasteiger partial charge in [-0.15, -0.1) is 0 Å². The predicted molar refractivity (Wildman–Crippen MR) is 61.5 cm³/mol. The molecule has 1 rings (SSSR count). The van der Waals surface area contributed by atoms with Gasteiger partial charge in [-0.25, -0.2) is 0 Å². The molecule has 0 saturated carbocycles. The largest absolute Gasteiger partial charge is 0.396 e. The third kappa shape index (κ3) is 5.35. The molecule has 1 N–H and O–H groups in total. The molecule has 0 bridgehead atoms. The Labute approximate surface area is 91.2 Å². The zero-order valence-corrected chi connectivity index (χ0v) is 9.10. The number of ether oxygens (including phenoxy) is 1. The smallest absolute Gasteiger partial charge is 0.0721 e.